The Morgan fingerprint density at radius 3 is 2.67 bits per heavy atom. The van der Waals surface area contributed by atoms with Crippen LogP contribution in [0.1, 0.15) is 10.4 Å². The molecule has 21 heavy (non-hydrogen) atoms. The lowest BCUT2D eigenvalue weighted by atomic mass is 10.3. The number of ether oxygens (including phenoxy) is 1. The molecule has 0 bridgehead atoms. The molecule has 1 amide bonds. The molecule has 2 rings (SSSR count). The Morgan fingerprint density at radius 2 is 2.00 bits per heavy atom. The predicted molar refractivity (Wildman–Crippen MR) is 81.8 cm³/mol. The summed E-state index contributed by atoms with van der Waals surface area (Å²) in [6.45, 7) is 1.15. The number of aromatic nitrogens is 2. The smallest absolute Gasteiger partial charge is 0.258 e. The molecule has 0 aliphatic carbocycles. The summed E-state index contributed by atoms with van der Waals surface area (Å²) in [5, 5.41) is 6.15. The van der Waals surface area contributed by atoms with E-state index in [1.807, 2.05) is 0 Å². The molecule has 0 atom stereocenters. The highest BCUT2D eigenvalue weighted by atomic mass is 35.5. The SMILES string of the molecule is COCCNc1ncc(C(=O)Nc2ccccc2Cl)cn1. The Hall–Kier alpha value is -2.18. The molecule has 0 fully saturated rings. The number of methoxy groups -OCH3 is 1. The van der Waals surface area contributed by atoms with E-state index in [1.54, 1.807) is 31.4 Å². The zero-order valence-electron chi connectivity index (χ0n) is 11.5. The van der Waals surface area contributed by atoms with Gasteiger partial charge in [-0.25, -0.2) is 9.97 Å². The van der Waals surface area contributed by atoms with Gasteiger partial charge in [0.1, 0.15) is 0 Å². The van der Waals surface area contributed by atoms with E-state index >= 15 is 0 Å². The molecule has 1 aromatic carbocycles. The second kappa shape index (κ2) is 7.56. The van der Waals surface area contributed by atoms with Crippen molar-refractivity contribution in [3.05, 3.63) is 47.2 Å². The van der Waals surface area contributed by atoms with E-state index < -0.39 is 0 Å². The highest BCUT2D eigenvalue weighted by Crippen LogP contribution is 2.20. The molecule has 7 heteroatoms. The van der Waals surface area contributed by atoms with Crippen LogP contribution in [0.25, 0.3) is 0 Å². The summed E-state index contributed by atoms with van der Waals surface area (Å²) in [5.74, 6) is 0.132. The summed E-state index contributed by atoms with van der Waals surface area (Å²) in [6.07, 6.45) is 2.91. The van der Waals surface area contributed by atoms with Crippen molar-refractivity contribution in [2.45, 2.75) is 0 Å². The number of anilines is 2. The standard InChI is InChI=1S/C14H15ClN4O2/c1-21-7-6-16-14-17-8-10(9-18-14)13(20)19-12-5-3-2-4-11(12)15/h2-5,8-9H,6-7H2,1H3,(H,19,20)(H,16,17,18). The van der Waals surface area contributed by atoms with Crippen LogP contribution in [0, 0.1) is 0 Å². The molecule has 0 radical (unpaired) electrons. The average Bonchev–Trinajstić information content (AvgIpc) is 2.50. The van der Waals surface area contributed by atoms with E-state index in [0.29, 0.717) is 35.4 Å². The van der Waals surface area contributed by atoms with E-state index in [0.717, 1.165) is 0 Å². The summed E-state index contributed by atoms with van der Waals surface area (Å²) in [5.41, 5.74) is 0.902. The predicted octanol–water partition coefficient (Wildman–Crippen LogP) is 2.44. The van der Waals surface area contributed by atoms with E-state index in [-0.39, 0.29) is 5.91 Å². The molecule has 2 aromatic rings. The van der Waals surface area contributed by atoms with Crippen molar-refractivity contribution in [2.75, 3.05) is 30.9 Å². The fourth-order valence-corrected chi connectivity index (χ4v) is 1.74. The lowest BCUT2D eigenvalue weighted by molar-refractivity contribution is 0.102. The first-order valence-corrected chi connectivity index (χ1v) is 6.69. The fraction of sp³-hybridized carbons (Fsp3) is 0.214. The van der Waals surface area contributed by atoms with Crippen LogP contribution in [0.4, 0.5) is 11.6 Å². The second-order valence-corrected chi connectivity index (χ2v) is 4.56. The third-order valence-corrected chi connectivity index (χ3v) is 2.95. The summed E-state index contributed by atoms with van der Waals surface area (Å²) in [4.78, 5) is 20.2. The van der Waals surface area contributed by atoms with Gasteiger partial charge in [-0.3, -0.25) is 4.79 Å². The zero-order valence-corrected chi connectivity index (χ0v) is 12.2. The topological polar surface area (TPSA) is 76.1 Å². The third kappa shape index (κ3) is 4.40. The number of rotatable bonds is 6. The van der Waals surface area contributed by atoms with Crippen molar-refractivity contribution in [3.8, 4) is 0 Å². The van der Waals surface area contributed by atoms with Crippen LogP contribution in [-0.2, 0) is 4.74 Å². The number of hydrogen-bond donors (Lipinski definition) is 2. The molecule has 0 aliphatic rings. The average molecular weight is 307 g/mol. The summed E-state index contributed by atoms with van der Waals surface area (Å²) in [6, 6.07) is 7.01. The van der Waals surface area contributed by atoms with Crippen LogP contribution >= 0.6 is 11.6 Å². The lowest BCUT2D eigenvalue weighted by Crippen LogP contribution is -2.14. The molecule has 2 N–H and O–H groups in total. The normalized spacial score (nSPS) is 10.2. The van der Waals surface area contributed by atoms with Gasteiger partial charge in [-0.1, -0.05) is 23.7 Å². The molecule has 0 spiro atoms. The van der Waals surface area contributed by atoms with Crippen LogP contribution in [0.3, 0.4) is 0 Å². The van der Waals surface area contributed by atoms with Crippen molar-refractivity contribution in [3.63, 3.8) is 0 Å². The van der Waals surface area contributed by atoms with Gasteiger partial charge in [0.2, 0.25) is 5.95 Å². The van der Waals surface area contributed by atoms with Crippen LogP contribution in [0.2, 0.25) is 5.02 Å². The third-order valence-electron chi connectivity index (χ3n) is 2.63. The summed E-state index contributed by atoms with van der Waals surface area (Å²) >= 11 is 5.98. The molecule has 1 heterocycles. The van der Waals surface area contributed by atoms with Crippen molar-refractivity contribution in [2.24, 2.45) is 0 Å². The molecule has 0 unspecified atom stereocenters. The number of hydrogen-bond acceptors (Lipinski definition) is 5. The number of benzene rings is 1. The van der Waals surface area contributed by atoms with Crippen LogP contribution < -0.4 is 10.6 Å². The van der Waals surface area contributed by atoms with Crippen molar-refractivity contribution >= 4 is 29.1 Å². The van der Waals surface area contributed by atoms with E-state index in [2.05, 4.69) is 20.6 Å². The number of carbonyl (C=O) groups excluding carboxylic acids is 1. The van der Waals surface area contributed by atoms with E-state index in [4.69, 9.17) is 16.3 Å². The Kier molecular flexibility index (Phi) is 5.48. The van der Waals surface area contributed by atoms with Crippen LogP contribution in [0.5, 0.6) is 0 Å². The quantitative estimate of drug-likeness (QED) is 0.802. The number of carbonyl (C=O) groups is 1. The Bertz CT molecular complexity index is 604. The van der Waals surface area contributed by atoms with Gasteiger partial charge >= 0.3 is 0 Å². The van der Waals surface area contributed by atoms with Gasteiger partial charge in [0.15, 0.2) is 0 Å². The van der Waals surface area contributed by atoms with E-state index in [9.17, 15) is 4.79 Å². The van der Waals surface area contributed by atoms with Crippen molar-refractivity contribution < 1.29 is 9.53 Å². The van der Waals surface area contributed by atoms with E-state index in [1.165, 1.54) is 12.4 Å². The monoisotopic (exact) mass is 306 g/mol. The molecule has 6 nitrogen and oxygen atoms in total. The van der Waals surface area contributed by atoms with Crippen molar-refractivity contribution in [1.29, 1.82) is 0 Å². The number of halogens is 1. The van der Waals surface area contributed by atoms with Gasteiger partial charge in [0.05, 0.1) is 22.9 Å². The minimum absolute atomic E-state index is 0.313. The highest BCUT2D eigenvalue weighted by Gasteiger charge is 2.09. The fourth-order valence-electron chi connectivity index (χ4n) is 1.56. The minimum Gasteiger partial charge on any atom is -0.383 e. The first-order valence-electron chi connectivity index (χ1n) is 6.31. The van der Waals surface area contributed by atoms with Gasteiger partial charge in [-0.05, 0) is 12.1 Å². The highest BCUT2D eigenvalue weighted by molar-refractivity contribution is 6.33. The second-order valence-electron chi connectivity index (χ2n) is 4.15. The number of amides is 1. The minimum atomic E-state index is -0.313. The maximum absolute atomic E-state index is 12.0. The number of nitrogens with one attached hydrogen (secondary N) is 2. The molecule has 110 valence electrons. The van der Waals surface area contributed by atoms with Crippen molar-refractivity contribution in [1.82, 2.24) is 9.97 Å². The zero-order chi connectivity index (χ0) is 15.1. The Labute approximate surface area is 127 Å². The number of nitrogens with zero attached hydrogens (tertiary/aromatic N) is 2. The number of para-hydroxylation sites is 1. The molecule has 0 aliphatic heterocycles. The van der Waals surface area contributed by atoms with Gasteiger partial charge in [0.25, 0.3) is 5.91 Å². The Morgan fingerprint density at radius 1 is 1.29 bits per heavy atom. The van der Waals surface area contributed by atoms with Gasteiger partial charge in [-0.2, -0.15) is 0 Å². The van der Waals surface area contributed by atoms with Crippen LogP contribution in [-0.4, -0.2) is 36.1 Å². The molecule has 0 saturated heterocycles. The summed E-state index contributed by atoms with van der Waals surface area (Å²) in [7, 11) is 1.62. The molecular weight excluding hydrogens is 292 g/mol. The molecule has 1 aromatic heterocycles. The largest absolute Gasteiger partial charge is 0.383 e. The lowest BCUT2D eigenvalue weighted by Gasteiger charge is -2.07. The maximum atomic E-state index is 12.0. The Balaban J connectivity index is 1.98. The van der Waals surface area contributed by atoms with Gasteiger partial charge in [0, 0.05) is 26.0 Å². The first kappa shape index (κ1) is 15.2. The first-order chi connectivity index (χ1) is 10.2. The summed E-state index contributed by atoms with van der Waals surface area (Å²) < 4.78 is 4.91. The molecule has 0 saturated carbocycles. The van der Waals surface area contributed by atoms with Crippen LogP contribution in [0.15, 0.2) is 36.7 Å². The van der Waals surface area contributed by atoms with Gasteiger partial charge < -0.3 is 15.4 Å². The van der Waals surface area contributed by atoms with Gasteiger partial charge in [-0.15, -0.1) is 0 Å². The molecular formula is C14H15ClN4O2. The maximum Gasteiger partial charge on any atom is 0.258 e.